The van der Waals surface area contributed by atoms with Crippen LogP contribution in [0.2, 0.25) is 0 Å². The summed E-state index contributed by atoms with van der Waals surface area (Å²) in [5, 5.41) is 3.13. The number of thiazole rings is 1. The average molecular weight is 438 g/mol. The minimum Gasteiger partial charge on any atom is -0.356 e. The summed E-state index contributed by atoms with van der Waals surface area (Å²) < 4.78 is 15.7. The highest BCUT2D eigenvalue weighted by Crippen LogP contribution is 2.39. The number of H-pyrrole nitrogens is 1. The average Bonchev–Trinajstić information content (AvgIpc) is 3.35. The zero-order valence-electron chi connectivity index (χ0n) is 16.4. The normalized spacial score (nSPS) is 16.1. The predicted octanol–water partition coefficient (Wildman–Crippen LogP) is 5.34. The molecule has 2 aromatic heterocycles. The van der Waals surface area contributed by atoms with Gasteiger partial charge in [0.2, 0.25) is 5.91 Å². The summed E-state index contributed by atoms with van der Waals surface area (Å²) in [6, 6.07) is 14.4. The largest absolute Gasteiger partial charge is 0.356 e. The van der Waals surface area contributed by atoms with Gasteiger partial charge >= 0.3 is 0 Å². The van der Waals surface area contributed by atoms with Gasteiger partial charge in [-0.3, -0.25) is 4.79 Å². The quantitative estimate of drug-likeness (QED) is 0.439. The number of carbonyl (C=O) groups is 1. The Morgan fingerprint density at radius 3 is 2.87 bits per heavy atom. The SMILES string of the molecule is Cc1csc(SCC(=O)N2CCc3c([nH]c4ccccc34)C2c2ccccc2F)n1. The Morgan fingerprint density at radius 2 is 2.07 bits per heavy atom. The molecule has 7 heteroatoms. The van der Waals surface area contributed by atoms with E-state index in [0.29, 0.717) is 12.1 Å². The summed E-state index contributed by atoms with van der Waals surface area (Å²) in [6.45, 7) is 2.50. The van der Waals surface area contributed by atoms with E-state index >= 15 is 0 Å². The van der Waals surface area contributed by atoms with Gasteiger partial charge in [0.25, 0.3) is 0 Å². The summed E-state index contributed by atoms with van der Waals surface area (Å²) in [5.74, 6) is -0.0200. The second kappa shape index (κ2) is 7.89. The molecule has 152 valence electrons. The Balaban J connectivity index is 1.53. The number of para-hydroxylation sites is 1. The predicted molar refractivity (Wildman–Crippen MR) is 120 cm³/mol. The molecule has 0 saturated heterocycles. The molecule has 1 N–H and O–H groups in total. The van der Waals surface area contributed by atoms with Crippen molar-refractivity contribution in [1.82, 2.24) is 14.9 Å². The number of aromatic nitrogens is 2. The van der Waals surface area contributed by atoms with Crippen LogP contribution in [0.15, 0.2) is 58.3 Å². The number of aryl methyl sites for hydroxylation is 1. The Labute approximate surface area is 182 Å². The fourth-order valence-corrected chi connectivity index (χ4v) is 5.87. The van der Waals surface area contributed by atoms with Crippen molar-refractivity contribution in [3.05, 3.63) is 82.2 Å². The summed E-state index contributed by atoms with van der Waals surface area (Å²) in [6.07, 6.45) is 0.747. The molecule has 1 atom stereocenters. The molecule has 1 aliphatic rings. The lowest BCUT2D eigenvalue weighted by Crippen LogP contribution is -2.41. The smallest absolute Gasteiger partial charge is 0.233 e. The van der Waals surface area contributed by atoms with E-state index in [1.165, 1.54) is 23.4 Å². The molecule has 0 spiro atoms. The molecule has 3 heterocycles. The van der Waals surface area contributed by atoms with Crippen molar-refractivity contribution in [2.24, 2.45) is 0 Å². The number of rotatable bonds is 4. The molecule has 0 bridgehead atoms. The van der Waals surface area contributed by atoms with E-state index in [0.717, 1.165) is 33.1 Å². The van der Waals surface area contributed by atoms with E-state index in [-0.39, 0.29) is 17.5 Å². The maximum Gasteiger partial charge on any atom is 0.233 e. The fourth-order valence-electron chi connectivity index (χ4n) is 4.13. The summed E-state index contributed by atoms with van der Waals surface area (Å²) >= 11 is 2.99. The first-order valence-corrected chi connectivity index (χ1v) is 11.7. The summed E-state index contributed by atoms with van der Waals surface area (Å²) in [5.41, 5.74) is 4.58. The second-order valence-electron chi connectivity index (χ2n) is 7.37. The van der Waals surface area contributed by atoms with Crippen LogP contribution in [0, 0.1) is 12.7 Å². The molecule has 4 aromatic rings. The van der Waals surface area contributed by atoms with Crippen LogP contribution in [-0.2, 0) is 11.2 Å². The van der Waals surface area contributed by atoms with Gasteiger partial charge in [-0.2, -0.15) is 0 Å². The van der Waals surface area contributed by atoms with Gasteiger partial charge in [0, 0.05) is 39.8 Å². The van der Waals surface area contributed by atoms with E-state index in [9.17, 15) is 9.18 Å². The molecular weight excluding hydrogens is 417 g/mol. The van der Waals surface area contributed by atoms with Gasteiger partial charge in [-0.25, -0.2) is 9.37 Å². The summed E-state index contributed by atoms with van der Waals surface area (Å²) in [7, 11) is 0. The number of halogens is 1. The van der Waals surface area contributed by atoms with Crippen molar-refractivity contribution in [1.29, 1.82) is 0 Å². The van der Waals surface area contributed by atoms with Gasteiger partial charge in [-0.05, 0) is 31.0 Å². The molecular formula is C23H20FN3OS2. The van der Waals surface area contributed by atoms with Crippen molar-refractivity contribution in [3.8, 4) is 0 Å². The van der Waals surface area contributed by atoms with Crippen LogP contribution in [-0.4, -0.2) is 33.1 Å². The molecule has 0 radical (unpaired) electrons. The number of hydrogen-bond donors (Lipinski definition) is 1. The first kappa shape index (κ1) is 19.3. The van der Waals surface area contributed by atoms with Crippen LogP contribution in [0.3, 0.4) is 0 Å². The lowest BCUT2D eigenvalue weighted by atomic mass is 9.92. The molecule has 5 rings (SSSR count). The zero-order valence-corrected chi connectivity index (χ0v) is 18.0. The molecule has 30 heavy (non-hydrogen) atoms. The zero-order chi connectivity index (χ0) is 20.7. The van der Waals surface area contributed by atoms with E-state index in [4.69, 9.17) is 0 Å². The highest BCUT2D eigenvalue weighted by molar-refractivity contribution is 8.01. The number of nitrogens with zero attached hydrogens (tertiary/aromatic N) is 2. The van der Waals surface area contributed by atoms with Crippen molar-refractivity contribution in [2.45, 2.75) is 23.7 Å². The first-order valence-electron chi connectivity index (χ1n) is 9.80. The second-order valence-corrected chi connectivity index (χ2v) is 9.45. The van der Waals surface area contributed by atoms with E-state index in [1.807, 2.05) is 41.5 Å². The minimum atomic E-state index is -0.464. The van der Waals surface area contributed by atoms with Crippen LogP contribution in [0.4, 0.5) is 4.39 Å². The number of amides is 1. The van der Waals surface area contributed by atoms with Crippen LogP contribution < -0.4 is 0 Å². The molecule has 0 saturated carbocycles. The number of aromatic amines is 1. The Morgan fingerprint density at radius 1 is 1.27 bits per heavy atom. The van der Waals surface area contributed by atoms with Crippen LogP contribution in [0.25, 0.3) is 10.9 Å². The highest BCUT2D eigenvalue weighted by Gasteiger charge is 2.35. The highest BCUT2D eigenvalue weighted by atomic mass is 32.2. The number of hydrogen-bond acceptors (Lipinski definition) is 4. The van der Waals surface area contributed by atoms with Crippen molar-refractivity contribution < 1.29 is 9.18 Å². The van der Waals surface area contributed by atoms with Gasteiger partial charge < -0.3 is 9.88 Å². The molecule has 0 fully saturated rings. The number of nitrogens with one attached hydrogen (secondary N) is 1. The standard InChI is InChI=1S/C23H20FN3OS2/c1-14-12-29-23(25-14)30-13-20(28)27-11-10-16-15-6-3-5-9-19(15)26-21(16)22(27)17-7-2-4-8-18(17)24/h2-9,12,22,26H,10-11,13H2,1H3. The Bertz CT molecular complexity index is 1230. The number of benzene rings is 2. The van der Waals surface area contributed by atoms with Gasteiger partial charge in [0.1, 0.15) is 11.9 Å². The maximum atomic E-state index is 14.8. The third-order valence-electron chi connectivity index (χ3n) is 5.47. The lowest BCUT2D eigenvalue weighted by molar-refractivity contribution is -0.130. The van der Waals surface area contributed by atoms with Gasteiger partial charge in [0.05, 0.1) is 5.75 Å². The first-order chi connectivity index (χ1) is 14.6. The number of fused-ring (bicyclic) bond motifs is 3. The van der Waals surface area contributed by atoms with Gasteiger partial charge in [0.15, 0.2) is 4.34 Å². The molecule has 1 aliphatic heterocycles. The molecule has 1 unspecified atom stereocenters. The van der Waals surface area contributed by atoms with E-state index in [1.54, 1.807) is 23.5 Å². The topological polar surface area (TPSA) is 49.0 Å². The van der Waals surface area contributed by atoms with E-state index in [2.05, 4.69) is 16.0 Å². The third-order valence-corrected chi connectivity index (χ3v) is 7.60. The Hall–Kier alpha value is -2.64. The number of carbonyl (C=O) groups excluding carboxylic acids is 1. The molecule has 1 amide bonds. The molecule has 0 aliphatic carbocycles. The monoisotopic (exact) mass is 437 g/mol. The van der Waals surface area contributed by atoms with Crippen LogP contribution in [0.5, 0.6) is 0 Å². The van der Waals surface area contributed by atoms with Crippen LogP contribution in [0.1, 0.15) is 28.6 Å². The number of thioether (sulfide) groups is 1. The van der Waals surface area contributed by atoms with E-state index < -0.39 is 6.04 Å². The van der Waals surface area contributed by atoms with Gasteiger partial charge in [-0.15, -0.1) is 11.3 Å². The van der Waals surface area contributed by atoms with Crippen LogP contribution >= 0.6 is 23.1 Å². The minimum absolute atomic E-state index is 0.00888. The fraction of sp³-hybridized carbons (Fsp3) is 0.217. The Kier molecular flexibility index (Phi) is 5.08. The lowest BCUT2D eigenvalue weighted by Gasteiger charge is -2.36. The van der Waals surface area contributed by atoms with Crippen molar-refractivity contribution >= 4 is 39.9 Å². The third kappa shape index (κ3) is 3.42. The van der Waals surface area contributed by atoms with Crippen molar-refractivity contribution in [2.75, 3.05) is 12.3 Å². The summed E-state index contributed by atoms with van der Waals surface area (Å²) in [4.78, 5) is 23.0. The van der Waals surface area contributed by atoms with Crippen molar-refractivity contribution in [3.63, 3.8) is 0 Å². The molecule has 2 aromatic carbocycles. The van der Waals surface area contributed by atoms with Gasteiger partial charge in [-0.1, -0.05) is 48.2 Å². The maximum absolute atomic E-state index is 14.8. The molecule has 4 nitrogen and oxygen atoms in total.